The predicted octanol–water partition coefficient (Wildman–Crippen LogP) is 3.45. The SMILES string of the molecule is Cc1cc2c(Br)c(Cl)ccc2n1CC(=O)O. The molecule has 0 aliphatic heterocycles. The summed E-state index contributed by atoms with van der Waals surface area (Å²) < 4.78 is 2.55. The summed E-state index contributed by atoms with van der Waals surface area (Å²) in [6.07, 6.45) is 0. The smallest absolute Gasteiger partial charge is 0.323 e. The maximum atomic E-state index is 10.8. The van der Waals surface area contributed by atoms with Gasteiger partial charge in [-0.05, 0) is 41.1 Å². The zero-order valence-electron chi connectivity index (χ0n) is 8.50. The number of carboxylic acid groups (broad SMARTS) is 1. The zero-order chi connectivity index (χ0) is 11.9. The van der Waals surface area contributed by atoms with Gasteiger partial charge in [-0.2, -0.15) is 0 Å². The van der Waals surface area contributed by atoms with Gasteiger partial charge in [0.05, 0.1) is 5.02 Å². The van der Waals surface area contributed by atoms with Crippen LogP contribution in [0.2, 0.25) is 5.02 Å². The average molecular weight is 303 g/mol. The Hall–Kier alpha value is -1.00. The summed E-state index contributed by atoms with van der Waals surface area (Å²) in [7, 11) is 0. The third-order valence-corrected chi connectivity index (χ3v) is 3.87. The lowest BCUT2D eigenvalue weighted by molar-refractivity contribution is -0.137. The standard InChI is InChI=1S/C11H9BrClNO2/c1-6-4-7-9(14(6)5-10(15)16)3-2-8(13)11(7)12/h2-4H,5H2,1H3,(H,15,16). The molecule has 1 heterocycles. The van der Waals surface area contributed by atoms with Gasteiger partial charge < -0.3 is 9.67 Å². The second-order valence-electron chi connectivity index (χ2n) is 3.56. The van der Waals surface area contributed by atoms with Gasteiger partial charge in [-0.25, -0.2) is 0 Å². The molecule has 0 fully saturated rings. The van der Waals surface area contributed by atoms with E-state index in [0.29, 0.717) is 5.02 Å². The van der Waals surface area contributed by atoms with Crippen LogP contribution in [0.3, 0.4) is 0 Å². The van der Waals surface area contributed by atoms with Gasteiger partial charge >= 0.3 is 5.97 Å². The van der Waals surface area contributed by atoms with E-state index in [-0.39, 0.29) is 6.54 Å². The molecule has 0 amide bonds. The summed E-state index contributed by atoms with van der Waals surface area (Å²) in [5, 5.41) is 10.4. The van der Waals surface area contributed by atoms with E-state index in [9.17, 15) is 4.79 Å². The maximum absolute atomic E-state index is 10.8. The number of aryl methyl sites for hydroxylation is 1. The first-order valence-electron chi connectivity index (χ1n) is 4.66. The van der Waals surface area contributed by atoms with Gasteiger partial charge in [-0.3, -0.25) is 4.79 Å². The average Bonchev–Trinajstić information content (AvgIpc) is 2.51. The third kappa shape index (κ3) is 1.83. The number of aliphatic carboxylic acids is 1. The first kappa shape index (κ1) is 11.5. The highest BCUT2D eigenvalue weighted by Gasteiger charge is 2.12. The Morgan fingerprint density at radius 2 is 2.25 bits per heavy atom. The van der Waals surface area contributed by atoms with E-state index in [1.807, 2.05) is 19.1 Å². The number of carbonyl (C=O) groups is 1. The Morgan fingerprint density at radius 3 is 2.88 bits per heavy atom. The highest BCUT2D eigenvalue weighted by atomic mass is 79.9. The van der Waals surface area contributed by atoms with E-state index in [2.05, 4.69) is 15.9 Å². The van der Waals surface area contributed by atoms with Crippen molar-refractivity contribution < 1.29 is 9.90 Å². The molecule has 1 aromatic carbocycles. The molecule has 2 rings (SSSR count). The van der Waals surface area contributed by atoms with Crippen molar-refractivity contribution in [3.05, 3.63) is 33.4 Å². The molecule has 0 saturated heterocycles. The fraction of sp³-hybridized carbons (Fsp3) is 0.182. The number of aromatic nitrogens is 1. The Kier molecular flexibility index (Phi) is 2.95. The van der Waals surface area contributed by atoms with Crippen LogP contribution in [0.5, 0.6) is 0 Å². The van der Waals surface area contributed by atoms with E-state index >= 15 is 0 Å². The van der Waals surface area contributed by atoms with Crippen LogP contribution in [0, 0.1) is 6.92 Å². The lowest BCUT2D eigenvalue weighted by Crippen LogP contribution is -2.09. The van der Waals surface area contributed by atoms with Crippen LogP contribution < -0.4 is 0 Å². The van der Waals surface area contributed by atoms with E-state index in [0.717, 1.165) is 21.1 Å². The third-order valence-electron chi connectivity index (χ3n) is 2.47. The largest absolute Gasteiger partial charge is 0.480 e. The molecule has 5 heteroatoms. The van der Waals surface area contributed by atoms with Crippen molar-refractivity contribution in [1.82, 2.24) is 4.57 Å². The van der Waals surface area contributed by atoms with Crippen LogP contribution in [0.4, 0.5) is 0 Å². The Bertz CT molecular complexity index is 577. The van der Waals surface area contributed by atoms with Gasteiger partial charge in [0.1, 0.15) is 6.54 Å². The van der Waals surface area contributed by atoms with E-state index < -0.39 is 5.97 Å². The molecular weight excluding hydrogens is 293 g/mol. The van der Waals surface area contributed by atoms with Gasteiger partial charge in [0.15, 0.2) is 0 Å². The highest BCUT2D eigenvalue weighted by molar-refractivity contribution is 9.10. The van der Waals surface area contributed by atoms with E-state index in [4.69, 9.17) is 16.7 Å². The van der Waals surface area contributed by atoms with Crippen molar-refractivity contribution >= 4 is 44.4 Å². The van der Waals surface area contributed by atoms with Gasteiger partial charge in [0.2, 0.25) is 0 Å². The second kappa shape index (κ2) is 4.11. The zero-order valence-corrected chi connectivity index (χ0v) is 10.8. The second-order valence-corrected chi connectivity index (χ2v) is 4.76. The van der Waals surface area contributed by atoms with Crippen LogP contribution in [-0.4, -0.2) is 15.6 Å². The molecule has 2 aromatic rings. The molecule has 3 nitrogen and oxygen atoms in total. The van der Waals surface area contributed by atoms with Crippen LogP contribution >= 0.6 is 27.5 Å². The van der Waals surface area contributed by atoms with Crippen LogP contribution in [0.25, 0.3) is 10.9 Å². The van der Waals surface area contributed by atoms with Gasteiger partial charge in [-0.1, -0.05) is 11.6 Å². The highest BCUT2D eigenvalue weighted by Crippen LogP contribution is 2.33. The molecule has 0 unspecified atom stereocenters. The molecule has 0 radical (unpaired) electrons. The number of benzene rings is 1. The summed E-state index contributed by atoms with van der Waals surface area (Å²) in [5.41, 5.74) is 1.77. The molecule has 16 heavy (non-hydrogen) atoms. The normalized spacial score (nSPS) is 10.9. The number of nitrogens with zero attached hydrogens (tertiary/aromatic N) is 1. The molecule has 0 aliphatic carbocycles. The lowest BCUT2D eigenvalue weighted by Gasteiger charge is -2.05. The molecule has 1 aromatic heterocycles. The van der Waals surface area contributed by atoms with Gasteiger partial charge in [0, 0.05) is 21.1 Å². The molecule has 1 N–H and O–H groups in total. The van der Waals surface area contributed by atoms with Gasteiger partial charge in [-0.15, -0.1) is 0 Å². The molecular formula is C11H9BrClNO2. The number of rotatable bonds is 2. The van der Waals surface area contributed by atoms with Crippen LogP contribution in [0.1, 0.15) is 5.69 Å². The van der Waals surface area contributed by atoms with Crippen LogP contribution in [-0.2, 0) is 11.3 Å². The van der Waals surface area contributed by atoms with Crippen molar-refractivity contribution in [3.8, 4) is 0 Å². The molecule has 0 saturated carbocycles. The van der Waals surface area contributed by atoms with Crippen molar-refractivity contribution in [1.29, 1.82) is 0 Å². The summed E-state index contributed by atoms with van der Waals surface area (Å²) >= 11 is 9.38. The van der Waals surface area contributed by atoms with Crippen LogP contribution in [0.15, 0.2) is 22.7 Å². The maximum Gasteiger partial charge on any atom is 0.323 e. The van der Waals surface area contributed by atoms with Crippen molar-refractivity contribution in [2.24, 2.45) is 0 Å². The minimum absolute atomic E-state index is 0.0383. The minimum Gasteiger partial charge on any atom is -0.480 e. The Balaban J connectivity index is 2.71. The predicted molar refractivity (Wildman–Crippen MR) is 67.0 cm³/mol. The Labute approximate surface area is 106 Å². The Morgan fingerprint density at radius 1 is 1.56 bits per heavy atom. The number of hydrogen-bond acceptors (Lipinski definition) is 1. The van der Waals surface area contributed by atoms with Crippen molar-refractivity contribution in [3.63, 3.8) is 0 Å². The molecule has 84 valence electrons. The number of fused-ring (bicyclic) bond motifs is 1. The molecule has 0 atom stereocenters. The topological polar surface area (TPSA) is 42.2 Å². The summed E-state index contributed by atoms with van der Waals surface area (Å²) in [6, 6.07) is 5.51. The monoisotopic (exact) mass is 301 g/mol. The number of carboxylic acids is 1. The molecule has 0 spiro atoms. The molecule has 0 bridgehead atoms. The summed E-state index contributed by atoms with van der Waals surface area (Å²) in [5.74, 6) is -0.855. The quantitative estimate of drug-likeness (QED) is 0.923. The van der Waals surface area contributed by atoms with E-state index in [1.165, 1.54) is 0 Å². The van der Waals surface area contributed by atoms with Crippen molar-refractivity contribution in [2.45, 2.75) is 13.5 Å². The number of halogens is 2. The first-order valence-corrected chi connectivity index (χ1v) is 5.83. The minimum atomic E-state index is -0.855. The number of hydrogen-bond donors (Lipinski definition) is 1. The fourth-order valence-electron chi connectivity index (χ4n) is 1.75. The first-order chi connectivity index (χ1) is 7.50. The van der Waals surface area contributed by atoms with Crippen molar-refractivity contribution in [2.75, 3.05) is 0 Å². The van der Waals surface area contributed by atoms with Gasteiger partial charge in [0.25, 0.3) is 0 Å². The molecule has 0 aliphatic rings. The summed E-state index contributed by atoms with van der Waals surface area (Å²) in [4.78, 5) is 10.8. The fourth-order valence-corrected chi connectivity index (χ4v) is 2.37. The summed E-state index contributed by atoms with van der Waals surface area (Å²) in [6.45, 7) is 1.84. The lowest BCUT2D eigenvalue weighted by atomic mass is 10.2. The van der Waals surface area contributed by atoms with E-state index in [1.54, 1.807) is 10.6 Å².